The summed E-state index contributed by atoms with van der Waals surface area (Å²) >= 11 is 0. The van der Waals surface area contributed by atoms with Gasteiger partial charge in [0.15, 0.2) is 5.66 Å². The topological polar surface area (TPSA) is 61.8 Å². The van der Waals surface area contributed by atoms with Crippen LogP contribution in [0.1, 0.15) is 12.0 Å². The minimum atomic E-state index is -3.48. The number of esters is 1. The van der Waals surface area contributed by atoms with Crippen LogP contribution in [-0.4, -0.2) is 33.0 Å². The van der Waals surface area contributed by atoms with E-state index in [-0.39, 0.29) is 0 Å². The summed E-state index contributed by atoms with van der Waals surface area (Å²) in [5.41, 5.74) is 0.142. The first-order valence-corrected chi connectivity index (χ1v) is 7.51. The van der Waals surface area contributed by atoms with Gasteiger partial charge >= 0.3 is 13.6 Å². The fraction of sp³-hybridized carbons (Fsp3) is 0.462. The Morgan fingerprint density at radius 1 is 1.16 bits per heavy atom. The van der Waals surface area contributed by atoms with E-state index in [4.69, 9.17) is 9.05 Å². The summed E-state index contributed by atoms with van der Waals surface area (Å²) < 4.78 is 26.8. The molecule has 0 aliphatic heterocycles. The second-order valence-electron chi connectivity index (χ2n) is 3.97. The molecule has 19 heavy (non-hydrogen) atoms. The number of carbonyl (C=O) groups excluding carboxylic acids is 1. The molecular weight excluding hydrogens is 267 g/mol. The Hall–Kier alpha value is -1.16. The van der Waals surface area contributed by atoms with Crippen LogP contribution in [0.25, 0.3) is 0 Å². The van der Waals surface area contributed by atoms with E-state index in [1.165, 1.54) is 21.3 Å². The second kappa shape index (κ2) is 7.43. The van der Waals surface area contributed by atoms with Crippen molar-refractivity contribution in [3.05, 3.63) is 35.9 Å². The third-order valence-corrected chi connectivity index (χ3v) is 5.16. The summed E-state index contributed by atoms with van der Waals surface area (Å²) in [6.45, 7) is 0. The maximum Gasteiger partial charge on any atom is 0.344 e. The normalized spacial score (nSPS) is 13.0. The molecule has 0 bridgehead atoms. The first-order chi connectivity index (χ1) is 9.07. The minimum absolute atomic E-state index is 0.343. The van der Waals surface area contributed by atoms with Crippen LogP contribution in [-0.2, 0) is 29.6 Å². The number of hydrogen-bond acceptors (Lipinski definition) is 5. The van der Waals surface area contributed by atoms with E-state index in [2.05, 4.69) is 4.74 Å². The zero-order valence-corrected chi connectivity index (χ0v) is 12.3. The summed E-state index contributed by atoms with van der Waals surface area (Å²) in [5.74, 6) is -0.581. The molecule has 0 saturated heterocycles. The molecule has 1 unspecified atom stereocenters. The van der Waals surface area contributed by atoms with E-state index in [0.29, 0.717) is 12.8 Å². The Balaban J connectivity index is 2.82. The zero-order chi connectivity index (χ0) is 14.3. The third kappa shape index (κ3) is 4.16. The van der Waals surface area contributed by atoms with Crippen LogP contribution in [0.15, 0.2) is 30.3 Å². The highest BCUT2D eigenvalue weighted by Gasteiger charge is 2.40. The summed E-state index contributed by atoms with van der Waals surface area (Å²) in [6, 6.07) is 9.62. The number of rotatable bonds is 7. The highest BCUT2D eigenvalue weighted by atomic mass is 31.2. The van der Waals surface area contributed by atoms with E-state index in [0.717, 1.165) is 5.56 Å². The molecular formula is C13H19O5P. The van der Waals surface area contributed by atoms with Gasteiger partial charge in [-0.05, 0) is 18.4 Å². The molecule has 1 aromatic carbocycles. The molecule has 1 atom stereocenters. The SMILES string of the molecule is COC(=O)C(CCc1ccccc1)P(=O)(OC)OC. The molecule has 6 heteroatoms. The molecule has 0 aromatic heterocycles. The van der Waals surface area contributed by atoms with Crippen molar-refractivity contribution in [2.45, 2.75) is 18.5 Å². The maximum atomic E-state index is 12.3. The molecule has 0 spiro atoms. The molecule has 0 saturated carbocycles. The van der Waals surface area contributed by atoms with Crippen LogP contribution >= 0.6 is 7.60 Å². The lowest BCUT2D eigenvalue weighted by Crippen LogP contribution is -2.24. The first kappa shape index (κ1) is 15.9. The summed E-state index contributed by atoms with van der Waals surface area (Å²) in [7, 11) is 0.315. The Labute approximate surface area is 113 Å². The Kier molecular flexibility index (Phi) is 6.22. The van der Waals surface area contributed by atoms with Gasteiger partial charge in [-0.15, -0.1) is 0 Å². The number of hydrogen-bond donors (Lipinski definition) is 0. The Bertz CT molecular complexity index is 438. The quantitative estimate of drug-likeness (QED) is 0.569. The van der Waals surface area contributed by atoms with Crippen LogP contribution in [0.4, 0.5) is 0 Å². The molecule has 5 nitrogen and oxygen atoms in total. The fourth-order valence-corrected chi connectivity index (χ4v) is 3.29. The second-order valence-corrected chi connectivity index (χ2v) is 6.40. The van der Waals surface area contributed by atoms with Gasteiger partial charge in [0.05, 0.1) is 7.11 Å². The van der Waals surface area contributed by atoms with Crippen molar-refractivity contribution in [2.75, 3.05) is 21.3 Å². The van der Waals surface area contributed by atoms with E-state index >= 15 is 0 Å². The van der Waals surface area contributed by atoms with Crippen LogP contribution in [0, 0.1) is 0 Å². The lowest BCUT2D eigenvalue weighted by Gasteiger charge is -2.22. The molecule has 0 fully saturated rings. The molecule has 0 heterocycles. The van der Waals surface area contributed by atoms with Gasteiger partial charge in [-0.3, -0.25) is 9.36 Å². The van der Waals surface area contributed by atoms with Crippen LogP contribution in [0.3, 0.4) is 0 Å². The van der Waals surface area contributed by atoms with Gasteiger partial charge in [0.25, 0.3) is 0 Å². The van der Waals surface area contributed by atoms with Crippen molar-refractivity contribution in [3.8, 4) is 0 Å². The van der Waals surface area contributed by atoms with Crippen molar-refractivity contribution in [3.63, 3.8) is 0 Å². The predicted octanol–water partition coefficient (Wildman–Crippen LogP) is 2.65. The minimum Gasteiger partial charge on any atom is -0.468 e. The average Bonchev–Trinajstić information content (AvgIpc) is 2.47. The van der Waals surface area contributed by atoms with Crippen molar-refractivity contribution < 1.29 is 23.1 Å². The number of carbonyl (C=O) groups is 1. The van der Waals surface area contributed by atoms with Gasteiger partial charge in [0, 0.05) is 14.2 Å². The number of methoxy groups -OCH3 is 1. The smallest absolute Gasteiger partial charge is 0.344 e. The zero-order valence-electron chi connectivity index (χ0n) is 11.4. The summed E-state index contributed by atoms with van der Waals surface area (Å²) in [6.07, 6.45) is 0.937. The van der Waals surface area contributed by atoms with Crippen molar-refractivity contribution >= 4 is 13.6 Å². The Morgan fingerprint density at radius 2 is 1.74 bits per heavy atom. The standard InChI is InChI=1S/C13H19O5P/c1-16-13(14)12(19(15,17-2)18-3)10-9-11-7-5-4-6-8-11/h4-8,12H,9-10H2,1-3H3. The molecule has 0 N–H and O–H groups in total. The van der Waals surface area contributed by atoms with Crippen molar-refractivity contribution in [1.82, 2.24) is 0 Å². The lowest BCUT2D eigenvalue weighted by molar-refractivity contribution is -0.140. The molecule has 0 aliphatic carbocycles. The molecule has 1 aromatic rings. The van der Waals surface area contributed by atoms with E-state index in [1.54, 1.807) is 0 Å². The van der Waals surface area contributed by atoms with Crippen molar-refractivity contribution in [2.24, 2.45) is 0 Å². The monoisotopic (exact) mass is 286 g/mol. The molecule has 0 amide bonds. The summed E-state index contributed by atoms with van der Waals surface area (Å²) in [4.78, 5) is 11.7. The first-order valence-electron chi connectivity index (χ1n) is 5.90. The Morgan fingerprint density at radius 3 is 2.21 bits per heavy atom. The maximum absolute atomic E-state index is 12.3. The largest absolute Gasteiger partial charge is 0.468 e. The van der Waals surface area contributed by atoms with Gasteiger partial charge in [-0.2, -0.15) is 0 Å². The van der Waals surface area contributed by atoms with Crippen molar-refractivity contribution in [1.29, 1.82) is 0 Å². The third-order valence-electron chi connectivity index (χ3n) is 2.91. The van der Waals surface area contributed by atoms with Gasteiger partial charge in [-0.1, -0.05) is 30.3 Å². The highest BCUT2D eigenvalue weighted by Crippen LogP contribution is 2.53. The van der Waals surface area contributed by atoms with E-state index in [1.807, 2.05) is 30.3 Å². The number of aryl methyl sites for hydroxylation is 1. The molecule has 106 valence electrons. The predicted molar refractivity (Wildman–Crippen MR) is 72.2 cm³/mol. The summed E-state index contributed by atoms with van der Waals surface area (Å²) in [5, 5.41) is 0. The van der Waals surface area contributed by atoms with Gasteiger partial charge in [0.1, 0.15) is 0 Å². The number of benzene rings is 1. The van der Waals surface area contributed by atoms with Gasteiger partial charge in [0.2, 0.25) is 0 Å². The van der Waals surface area contributed by atoms with Gasteiger partial charge in [-0.25, -0.2) is 0 Å². The lowest BCUT2D eigenvalue weighted by atomic mass is 10.1. The average molecular weight is 286 g/mol. The fourth-order valence-electron chi connectivity index (χ4n) is 1.82. The number of ether oxygens (including phenoxy) is 1. The molecule has 0 radical (unpaired) electrons. The molecule has 0 aliphatic rings. The van der Waals surface area contributed by atoms with Gasteiger partial charge < -0.3 is 13.8 Å². The van der Waals surface area contributed by atoms with Crippen LogP contribution in [0.2, 0.25) is 0 Å². The molecule has 1 rings (SSSR count). The van der Waals surface area contributed by atoms with E-state index in [9.17, 15) is 9.36 Å². The highest BCUT2D eigenvalue weighted by molar-refractivity contribution is 7.55. The van der Waals surface area contributed by atoms with Crippen LogP contribution in [0.5, 0.6) is 0 Å². The van der Waals surface area contributed by atoms with E-state index < -0.39 is 19.2 Å². The van der Waals surface area contributed by atoms with Crippen LogP contribution < -0.4 is 0 Å².